The lowest BCUT2D eigenvalue weighted by Gasteiger charge is -2.15. The van der Waals surface area contributed by atoms with Gasteiger partial charge in [-0.3, -0.25) is 4.79 Å². The Morgan fingerprint density at radius 3 is 2.59 bits per heavy atom. The zero-order valence-corrected chi connectivity index (χ0v) is 11.8. The van der Waals surface area contributed by atoms with E-state index in [0.717, 1.165) is 4.88 Å². The van der Waals surface area contributed by atoms with Crippen molar-refractivity contribution in [3.8, 4) is 0 Å². The van der Waals surface area contributed by atoms with Gasteiger partial charge in [0.1, 0.15) is 6.04 Å². The average Bonchev–Trinajstić information content (AvgIpc) is 2.66. The van der Waals surface area contributed by atoms with E-state index in [9.17, 15) is 4.79 Å². The topological polar surface area (TPSA) is 52.3 Å². The number of carbonyl (C=O) groups is 1. The van der Waals surface area contributed by atoms with E-state index in [1.54, 1.807) is 18.3 Å². The molecule has 0 fully saturated rings. The first kappa shape index (κ1) is 14.2. The fourth-order valence-electron chi connectivity index (χ4n) is 1.44. The Kier molecular flexibility index (Phi) is 4.71. The Bertz CT molecular complexity index is 379. The predicted molar refractivity (Wildman–Crippen MR) is 71.3 cm³/mol. The molecule has 0 aromatic carbocycles. The number of hydrogen-bond acceptors (Lipinski definition) is 4. The van der Waals surface area contributed by atoms with Crippen LogP contribution in [-0.4, -0.2) is 18.6 Å². The van der Waals surface area contributed by atoms with Gasteiger partial charge in [0.2, 0.25) is 0 Å². The summed E-state index contributed by atoms with van der Waals surface area (Å²) in [5, 5.41) is 0. The maximum absolute atomic E-state index is 11.4. The molecule has 0 aliphatic rings. The molecule has 0 radical (unpaired) electrons. The molecule has 0 spiro atoms. The summed E-state index contributed by atoms with van der Waals surface area (Å²) in [4.78, 5) is 13.9. The van der Waals surface area contributed by atoms with Crippen molar-refractivity contribution >= 4 is 17.3 Å². The highest BCUT2D eigenvalue weighted by Crippen LogP contribution is 2.29. The molecule has 1 aromatic rings. The summed E-state index contributed by atoms with van der Waals surface area (Å²) in [5.41, 5.74) is 5.94. The van der Waals surface area contributed by atoms with Gasteiger partial charge in [0, 0.05) is 16.2 Å². The normalized spacial score (nSPS) is 13.5. The van der Waals surface area contributed by atoms with Gasteiger partial charge in [-0.05, 0) is 24.5 Å². The summed E-state index contributed by atoms with van der Waals surface area (Å²) in [6.07, 6.45) is 0.555. The van der Waals surface area contributed by atoms with Crippen LogP contribution >= 0.6 is 11.3 Å². The first-order valence-corrected chi connectivity index (χ1v) is 6.67. The number of hydrogen-bond donors (Lipinski definition) is 1. The van der Waals surface area contributed by atoms with Crippen LogP contribution in [0.3, 0.4) is 0 Å². The minimum Gasteiger partial charge on any atom is -0.465 e. The van der Waals surface area contributed by atoms with Crippen LogP contribution in [-0.2, 0) is 21.4 Å². The molecule has 1 aromatic heterocycles. The number of rotatable bonds is 4. The van der Waals surface area contributed by atoms with Gasteiger partial charge in [-0.15, -0.1) is 11.3 Å². The summed E-state index contributed by atoms with van der Waals surface area (Å²) in [5.74, 6) is -0.321. The van der Waals surface area contributed by atoms with Crippen molar-refractivity contribution in [3.63, 3.8) is 0 Å². The number of thiophene rings is 1. The van der Waals surface area contributed by atoms with E-state index in [4.69, 9.17) is 10.5 Å². The molecule has 0 bridgehead atoms. The summed E-state index contributed by atoms with van der Waals surface area (Å²) in [6.45, 7) is 8.69. The first-order valence-electron chi connectivity index (χ1n) is 5.86. The summed E-state index contributed by atoms with van der Waals surface area (Å²) in [6, 6.07) is 3.60. The van der Waals surface area contributed by atoms with E-state index in [1.165, 1.54) is 4.88 Å². The smallest absolute Gasteiger partial charge is 0.323 e. The Labute approximate surface area is 107 Å². The van der Waals surface area contributed by atoms with Gasteiger partial charge in [0.05, 0.1) is 6.61 Å². The molecule has 2 N–H and O–H groups in total. The first-order chi connectivity index (χ1) is 7.84. The van der Waals surface area contributed by atoms with Crippen LogP contribution in [0.4, 0.5) is 0 Å². The van der Waals surface area contributed by atoms with Gasteiger partial charge in [0.15, 0.2) is 0 Å². The molecule has 0 saturated heterocycles. The standard InChI is InChI=1S/C13H21NO2S/c1-5-16-12(15)10(14)8-9-6-7-11(17-9)13(2,3)4/h6-7,10H,5,8,14H2,1-4H3. The van der Waals surface area contributed by atoms with E-state index in [0.29, 0.717) is 13.0 Å². The van der Waals surface area contributed by atoms with Gasteiger partial charge in [0.25, 0.3) is 0 Å². The molecular formula is C13H21NO2S. The molecule has 4 heteroatoms. The van der Waals surface area contributed by atoms with E-state index in [1.807, 2.05) is 6.07 Å². The van der Waals surface area contributed by atoms with E-state index in [2.05, 4.69) is 26.8 Å². The van der Waals surface area contributed by atoms with Crippen LogP contribution in [0.25, 0.3) is 0 Å². The third kappa shape index (κ3) is 4.13. The van der Waals surface area contributed by atoms with E-state index >= 15 is 0 Å². The van der Waals surface area contributed by atoms with Gasteiger partial charge in [-0.25, -0.2) is 0 Å². The zero-order valence-electron chi connectivity index (χ0n) is 10.9. The molecule has 0 aliphatic carbocycles. The van der Waals surface area contributed by atoms with E-state index in [-0.39, 0.29) is 11.4 Å². The largest absolute Gasteiger partial charge is 0.465 e. The second-order valence-electron chi connectivity index (χ2n) is 5.08. The zero-order chi connectivity index (χ0) is 13.1. The summed E-state index contributed by atoms with van der Waals surface area (Å²) < 4.78 is 4.89. The quantitative estimate of drug-likeness (QED) is 0.841. The fourth-order valence-corrected chi connectivity index (χ4v) is 2.56. The van der Waals surface area contributed by atoms with Crippen molar-refractivity contribution in [1.82, 2.24) is 0 Å². The Morgan fingerprint density at radius 1 is 1.47 bits per heavy atom. The van der Waals surface area contributed by atoms with Crippen molar-refractivity contribution < 1.29 is 9.53 Å². The molecular weight excluding hydrogens is 234 g/mol. The van der Waals surface area contributed by atoms with Gasteiger partial charge < -0.3 is 10.5 Å². The van der Waals surface area contributed by atoms with Gasteiger partial charge in [-0.2, -0.15) is 0 Å². The number of nitrogens with two attached hydrogens (primary N) is 1. The molecule has 96 valence electrons. The second-order valence-corrected chi connectivity index (χ2v) is 6.25. The number of esters is 1. The lowest BCUT2D eigenvalue weighted by Crippen LogP contribution is -2.34. The highest BCUT2D eigenvalue weighted by Gasteiger charge is 2.19. The highest BCUT2D eigenvalue weighted by atomic mass is 32.1. The van der Waals surface area contributed by atoms with Crippen molar-refractivity contribution in [1.29, 1.82) is 0 Å². The van der Waals surface area contributed by atoms with Crippen LogP contribution in [0, 0.1) is 0 Å². The molecule has 17 heavy (non-hydrogen) atoms. The molecule has 0 amide bonds. The van der Waals surface area contributed by atoms with Crippen LogP contribution < -0.4 is 5.73 Å². The highest BCUT2D eigenvalue weighted by molar-refractivity contribution is 7.12. The van der Waals surface area contributed by atoms with Crippen molar-refractivity contribution in [2.45, 2.75) is 45.6 Å². The van der Waals surface area contributed by atoms with Crippen molar-refractivity contribution in [3.05, 3.63) is 21.9 Å². The number of carbonyl (C=O) groups excluding carboxylic acids is 1. The van der Waals surface area contributed by atoms with Crippen LogP contribution in [0.15, 0.2) is 12.1 Å². The molecule has 1 rings (SSSR count). The molecule has 3 nitrogen and oxygen atoms in total. The second kappa shape index (κ2) is 5.65. The SMILES string of the molecule is CCOC(=O)C(N)Cc1ccc(C(C)(C)C)s1. The maximum Gasteiger partial charge on any atom is 0.323 e. The van der Waals surface area contributed by atoms with Crippen LogP contribution in [0.1, 0.15) is 37.4 Å². The van der Waals surface area contributed by atoms with Crippen LogP contribution in [0.5, 0.6) is 0 Å². The van der Waals surface area contributed by atoms with Crippen molar-refractivity contribution in [2.75, 3.05) is 6.61 Å². The summed E-state index contributed by atoms with van der Waals surface area (Å²) in [7, 11) is 0. The third-order valence-corrected chi connectivity index (χ3v) is 3.94. The van der Waals surface area contributed by atoms with Crippen molar-refractivity contribution in [2.24, 2.45) is 5.73 Å². The minimum absolute atomic E-state index is 0.150. The Balaban J connectivity index is 2.64. The lowest BCUT2D eigenvalue weighted by molar-refractivity contribution is -0.144. The Morgan fingerprint density at radius 2 is 2.12 bits per heavy atom. The minimum atomic E-state index is -0.554. The Hall–Kier alpha value is -0.870. The molecule has 1 heterocycles. The van der Waals surface area contributed by atoms with Gasteiger partial charge >= 0.3 is 5.97 Å². The summed E-state index contributed by atoms with van der Waals surface area (Å²) >= 11 is 1.72. The molecule has 1 unspecified atom stereocenters. The average molecular weight is 255 g/mol. The van der Waals surface area contributed by atoms with Gasteiger partial charge in [-0.1, -0.05) is 20.8 Å². The van der Waals surface area contributed by atoms with E-state index < -0.39 is 6.04 Å². The van der Waals surface area contributed by atoms with Crippen LogP contribution in [0.2, 0.25) is 0 Å². The molecule has 1 atom stereocenters. The predicted octanol–water partition coefficient (Wildman–Crippen LogP) is 2.48. The third-order valence-electron chi connectivity index (χ3n) is 2.41. The monoisotopic (exact) mass is 255 g/mol. The fraction of sp³-hybridized carbons (Fsp3) is 0.615. The number of ether oxygens (including phenoxy) is 1. The molecule has 0 aliphatic heterocycles. The molecule has 0 saturated carbocycles. The maximum atomic E-state index is 11.4. The lowest BCUT2D eigenvalue weighted by atomic mass is 9.95.